The number of hydrogen-bond donors (Lipinski definition) is 1. The van der Waals surface area contributed by atoms with Crippen molar-refractivity contribution in [2.45, 2.75) is 6.54 Å². The molecule has 5 heteroatoms. The van der Waals surface area contributed by atoms with Gasteiger partial charge in [-0.1, -0.05) is 0 Å². The van der Waals surface area contributed by atoms with Gasteiger partial charge < -0.3 is 10.2 Å². The Hall–Kier alpha value is -1.97. The minimum absolute atomic E-state index is 0.251. The number of benzene rings is 1. The molecule has 2 N–H and O–H groups in total. The van der Waals surface area contributed by atoms with Crippen molar-refractivity contribution in [2.24, 2.45) is 10.7 Å². The summed E-state index contributed by atoms with van der Waals surface area (Å²) >= 11 is 0. The largest absolute Gasteiger partial charge is 0.439 e. The molecule has 1 aromatic heterocycles. The predicted molar refractivity (Wildman–Crippen MR) is 49.7 cm³/mol. The van der Waals surface area contributed by atoms with Gasteiger partial charge in [-0.2, -0.15) is 4.99 Å². The monoisotopic (exact) mass is 189 g/mol. The number of aliphatic imine (C=N–C) groups is 1. The van der Waals surface area contributed by atoms with Crippen LogP contribution in [0.1, 0.15) is 5.89 Å². The molecule has 1 heterocycles. The van der Waals surface area contributed by atoms with Crippen molar-refractivity contribution in [3.63, 3.8) is 0 Å². The second-order valence-electron chi connectivity index (χ2n) is 2.67. The van der Waals surface area contributed by atoms with E-state index in [0.29, 0.717) is 22.7 Å². The third-order valence-electron chi connectivity index (χ3n) is 1.76. The van der Waals surface area contributed by atoms with Crippen molar-refractivity contribution in [3.8, 4) is 0 Å². The van der Waals surface area contributed by atoms with E-state index in [-0.39, 0.29) is 6.54 Å². The highest BCUT2D eigenvalue weighted by Crippen LogP contribution is 2.21. The van der Waals surface area contributed by atoms with Gasteiger partial charge >= 0.3 is 0 Å². The highest BCUT2D eigenvalue weighted by molar-refractivity contribution is 5.77. The number of nitrogens with two attached hydrogens (primary N) is 1. The molecular weight excluding hydrogens is 182 g/mol. The molecule has 0 radical (unpaired) electrons. The van der Waals surface area contributed by atoms with Crippen molar-refractivity contribution in [2.75, 3.05) is 0 Å². The quantitative estimate of drug-likeness (QED) is 0.569. The highest BCUT2D eigenvalue weighted by Gasteiger charge is 2.04. The summed E-state index contributed by atoms with van der Waals surface area (Å²) in [6.45, 7) is 0.251. The molecule has 5 nitrogen and oxygen atoms in total. The molecule has 0 aliphatic rings. The number of fused-ring (bicyclic) bond motifs is 1. The highest BCUT2D eigenvalue weighted by atomic mass is 16.3. The van der Waals surface area contributed by atoms with Gasteiger partial charge in [-0.25, -0.2) is 9.78 Å². The average Bonchev–Trinajstić information content (AvgIpc) is 2.60. The predicted octanol–water partition coefficient (Wildman–Crippen LogP) is 1.25. The van der Waals surface area contributed by atoms with Crippen molar-refractivity contribution in [1.29, 1.82) is 0 Å². The van der Waals surface area contributed by atoms with Gasteiger partial charge in [0.15, 0.2) is 5.58 Å². The molecular formula is C9H7N3O2. The summed E-state index contributed by atoms with van der Waals surface area (Å²) in [6.07, 6.45) is 1.46. The molecule has 1 aromatic carbocycles. The summed E-state index contributed by atoms with van der Waals surface area (Å²) in [5.41, 5.74) is 7.15. The maximum absolute atomic E-state index is 10.0. The van der Waals surface area contributed by atoms with E-state index in [1.807, 2.05) is 0 Å². The Bertz CT molecular complexity index is 512. The van der Waals surface area contributed by atoms with Gasteiger partial charge in [-0.3, -0.25) is 0 Å². The number of hydrogen-bond acceptors (Lipinski definition) is 5. The SMILES string of the molecule is NCc1nc2cc(N=C=O)ccc2o1. The van der Waals surface area contributed by atoms with Crippen molar-refractivity contribution in [1.82, 2.24) is 4.98 Å². The Morgan fingerprint density at radius 3 is 3.14 bits per heavy atom. The first-order valence-corrected chi connectivity index (χ1v) is 4.01. The fourth-order valence-corrected chi connectivity index (χ4v) is 1.17. The van der Waals surface area contributed by atoms with Crippen LogP contribution < -0.4 is 5.73 Å². The van der Waals surface area contributed by atoms with Crippen LogP contribution in [0.5, 0.6) is 0 Å². The van der Waals surface area contributed by atoms with E-state index in [1.165, 1.54) is 6.08 Å². The van der Waals surface area contributed by atoms with Crippen LogP contribution in [0.2, 0.25) is 0 Å². The molecule has 14 heavy (non-hydrogen) atoms. The number of carbonyl (C=O) groups excluding carboxylic acids is 1. The smallest absolute Gasteiger partial charge is 0.240 e. The summed E-state index contributed by atoms with van der Waals surface area (Å²) in [6, 6.07) is 4.99. The number of aromatic nitrogens is 1. The van der Waals surface area contributed by atoms with Gasteiger partial charge in [-0.05, 0) is 18.2 Å². The Morgan fingerprint density at radius 1 is 1.57 bits per heavy atom. The lowest BCUT2D eigenvalue weighted by Gasteiger charge is -1.87. The molecule has 0 fully saturated rings. The zero-order valence-corrected chi connectivity index (χ0v) is 7.23. The molecule has 0 saturated carbocycles. The maximum atomic E-state index is 10.0. The zero-order valence-electron chi connectivity index (χ0n) is 7.23. The van der Waals surface area contributed by atoms with Gasteiger partial charge in [0.2, 0.25) is 12.0 Å². The van der Waals surface area contributed by atoms with E-state index in [9.17, 15) is 4.79 Å². The molecule has 0 saturated heterocycles. The van der Waals surface area contributed by atoms with Crippen LogP contribution in [0.25, 0.3) is 11.1 Å². The van der Waals surface area contributed by atoms with E-state index >= 15 is 0 Å². The third-order valence-corrected chi connectivity index (χ3v) is 1.76. The van der Waals surface area contributed by atoms with Crippen LogP contribution >= 0.6 is 0 Å². The molecule has 70 valence electrons. The van der Waals surface area contributed by atoms with E-state index in [0.717, 1.165) is 0 Å². The second-order valence-corrected chi connectivity index (χ2v) is 2.67. The zero-order chi connectivity index (χ0) is 9.97. The summed E-state index contributed by atoms with van der Waals surface area (Å²) in [5, 5.41) is 0. The minimum Gasteiger partial charge on any atom is -0.439 e. The van der Waals surface area contributed by atoms with Crippen molar-refractivity contribution < 1.29 is 9.21 Å². The average molecular weight is 189 g/mol. The van der Waals surface area contributed by atoms with Gasteiger partial charge in [0.1, 0.15) is 5.52 Å². The summed E-state index contributed by atoms with van der Waals surface area (Å²) in [5.74, 6) is 0.465. The second kappa shape index (κ2) is 3.41. The van der Waals surface area contributed by atoms with E-state index in [1.54, 1.807) is 18.2 Å². The molecule has 2 rings (SSSR count). The van der Waals surface area contributed by atoms with E-state index in [4.69, 9.17) is 10.2 Å². The summed E-state index contributed by atoms with van der Waals surface area (Å²) < 4.78 is 5.27. The van der Waals surface area contributed by atoms with E-state index < -0.39 is 0 Å². The lowest BCUT2D eigenvalue weighted by Crippen LogP contribution is -1.94. The summed E-state index contributed by atoms with van der Waals surface area (Å²) in [7, 11) is 0. The van der Waals surface area contributed by atoms with Gasteiger partial charge in [0, 0.05) is 0 Å². The van der Waals surface area contributed by atoms with Crippen molar-refractivity contribution in [3.05, 3.63) is 24.1 Å². The third kappa shape index (κ3) is 1.42. The van der Waals surface area contributed by atoms with Crippen LogP contribution in [0, 0.1) is 0 Å². The topological polar surface area (TPSA) is 81.5 Å². The maximum Gasteiger partial charge on any atom is 0.240 e. The normalized spacial score (nSPS) is 10.1. The standard InChI is InChI=1S/C9H7N3O2/c10-4-9-12-7-3-6(11-5-13)1-2-8(7)14-9/h1-3H,4,10H2. The first-order chi connectivity index (χ1) is 6.83. The lowest BCUT2D eigenvalue weighted by atomic mass is 10.3. The van der Waals surface area contributed by atoms with Gasteiger partial charge in [-0.15, -0.1) is 0 Å². The fourth-order valence-electron chi connectivity index (χ4n) is 1.17. The van der Waals surface area contributed by atoms with Crippen LogP contribution in [-0.2, 0) is 11.3 Å². The van der Waals surface area contributed by atoms with Crippen LogP contribution in [-0.4, -0.2) is 11.1 Å². The molecule has 0 aliphatic heterocycles. The first-order valence-electron chi connectivity index (χ1n) is 4.01. The molecule has 0 amide bonds. The number of oxazole rings is 1. The Morgan fingerprint density at radius 2 is 2.43 bits per heavy atom. The van der Waals surface area contributed by atoms with Crippen LogP contribution in [0.4, 0.5) is 5.69 Å². The number of isocyanates is 1. The molecule has 0 aliphatic carbocycles. The van der Waals surface area contributed by atoms with Gasteiger partial charge in [0.25, 0.3) is 0 Å². The Balaban J connectivity index is 2.59. The van der Waals surface area contributed by atoms with E-state index in [2.05, 4.69) is 9.98 Å². The van der Waals surface area contributed by atoms with Crippen molar-refractivity contribution >= 4 is 22.9 Å². The van der Waals surface area contributed by atoms with Crippen LogP contribution in [0.15, 0.2) is 27.6 Å². The molecule has 0 unspecified atom stereocenters. The number of rotatable bonds is 2. The fraction of sp³-hybridized carbons (Fsp3) is 0.111. The van der Waals surface area contributed by atoms with Gasteiger partial charge in [0.05, 0.1) is 12.2 Å². The molecule has 0 spiro atoms. The minimum atomic E-state index is 0.251. The molecule has 0 atom stereocenters. The molecule has 2 aromatic rings. The Labute approximate surface area is 79.3 Å². The first kappa shape index (κ1) is 8.62. The number of nitrogens with zero attached hydrogens (tertiary/aromatic N) is 2. The Kier molecular flexibility index (Phi) is 2.10. The molecule has 0 bridgehead atoms. The lowest BCUT2D eigenvalue weighted by molar-refractivity contribution is 0.533. The van der Waals surface area contributed by atoms with Crippen LogP contribution in [0.3, 0.4) is 0 Å². The summed E-state index contributed by atoms with van der Waals surface area (Å²) in [4.78, 5) is 17.6.